The second-order valence-electron chi connectivity index (χ2n) is 5.27. The van der Waals surface area contributed by atoms with Gasteiger partial charge in [0.15, 0.2) is 0 Å². The normalized spacial score (nSPS) is 18.2. The molecule has 1 N–H and O–H groups in total. The molecule has 6 heteroatoms. The second-order valence-corrected chi connectivity index (χ2v) is 6.40. The number of carboxylic acids is 1. The molecule has 0 aliphatic carbocycles. The van der Waals surface area contributed by atoms with Crippen LogP contribution in [0.25, 0.3) is 0 Å². The number of methoxy groups -OCH3 is 1. The van der Waals surface area contributed by atoms with Crippen LogP contribution in [0.15, 0.2) is 29.2 Å². The summed E-state index contributed by atoms with van der Waals surface area (Å²) < 4.78 is 5.04. The number of nitrogens with zero attached hydrogens (tertiary/aromatic N) is 1. The number of likely N-dealkylation sites (tertiary alicyclic amines) is 1. The average Bonchev–Trinajstić information content (AvgIpc) is 2.55. The maximum atomic E-state index is 12.7. The molecule has 1 aliphatic heterocycles. The van der Waals surface area contributed by atoms with E-state index in [0.29, 0.717) is 31.7 Å². The molecule has 0 aromatic heterocycles. The minimum absolute atomic E-state index is 0.0773. The SMILES string of the molecule is COCCSc1ccccc1C(=O)N1CCC[C@@H](C(=O)O)C1. The highest BCUT2D eigenvalue weighted by molar-refractivity contribution is 7.99. The number of hydrogen-bond acceptors (Lipinski definition) is 4. The second kappa shape index (κ2) is 8.19. The van der Waals surface area contributed by atoms with Gasteiger partial charge in [0, 0.05) is 30.8 Å². The molecule has 0 radical (unpaired) electrons. The Bertz CT molecular complexity index is 535. The molecule has 1 fully saturated rings. The summed E-state index contributed by atoms with van der Waals surface area (Å²) in [5.74, 6) is -0.573. The number of carboxylic acid groups (broad SMARTS) is 1. The Labute approximate surface area is 134 Å². The topological polar surface area (TPSA) is 66.8 Å². The van der Waals surface area contributed by atoms with Crippen molar-refractivity contribution in [1.82, 2.24) is 4.90 Å². The summed E-state index contributed by atoms with van der Waals surface area (Å²) in [7, 11) is 1.65. The number of carbonyl (C=O) groups excluding carboxylic acids is 1. The molecule has 0 saturated carbocycles. The molecule has 1 atom stereocenters. The third-order valence-corrected chi connectivity index (χ3v) is 4.76. The predicted molar refractivity (Wildman–Crippen MR) is 85.3 cm³/mol. The average molecular weight is 323 g/mol. The zero-order valence-corrected chi connectivity index (χ0v) is 13.5. The van der Waals surface area contributed by atoms with Crippen molar-refractivity contribution in [3.8, 4) is 0 Å². The molecule has 0 bridgehead atoms. The lowest BCUT2D eigenvalue weighted by molar-refractivity contribution is -0.143. The van der Waals surface area contributed by atoms with Crippen molar-refractivity contribution in [1.29, 1.82) is 0 Å². The number of amides is 1. The summed E-state index contributed by atoms with van der Waals surface area (Å²) in [6.45, 7) is 1.54. The number of rotatable bonds is 6. The van der Waals surface area contributed by atoms with Gasteiger partial charge in [0.25, 0.3) is 5.91 Å². The van der Waals surface area contributed by atoms with Crippen LogP contribution in [0.3, 0.4) is 0 Å². The number of carbonyl (C=O) groups is 2. The van der Waals surface area contributed by atoms with E-state index in [1.54, 1.807) is 23.8 Å². The van der Waals surface area contributed by atoms with E-state index >= 15 is 0 Å². The van der Waals surface area contributed by atoms with Gasteiger partial charge in [-0.15, -0.1) is 11.8 Å². The van der Waals surface area contributed by atoms with Crippen LogP contribution < -0.4 is 0 Å². The van der Waals surface area contributed by atoms with Gasteiger partial charge in [-0.25, -0.2) is 0 Å². The summed E-state index contributed by atoms with van der Waals surface area (Å²) in [6, 6.07) is 7.47. The molecule has 1 saturated heterocycles. The molecule has 1 amide bonds. The third-order valence-electron chi connectivity index (χ3n) is 3.72. The number of ether oxygens (including phenoxy) is 1. The van der Waals surface area contributed by atoms with Crippen LogP contribution in [0.5, 0.6) is 0 Å². The zero-order chi connectivity index (χ0) is 15.9. The molecular weight excluding hydrogens is 302 g/mol. The van der Waals surface area contributed by atoms with Crippen LogP contribution in [0.2, 0.25) is 0 Å². The van der Waals surface area contributed by atoms with Crippen LogP contribution in [-0.4, -0.2) is 54.4 Å². The van der Waals surface area contributed by atoms with Crippen molar-refractivity contribution < 1.29 is 19.4 Å². The monoisotopic (exact) mass is 323 g/mol. The van der Waals surface area contributed by atoms with Crippen molar-refractivity contribution in [3.05, 3.63) is 29.8 Å². The molecule has 120 valence electrons. The fraction of sp³-hybridized carbons (Fsp3) is 0.500. The first-order chi connectivity index (χ1) is 10.6. The first kappa shape index (κ1) is 16.8. The fourth-order valence-electron chi connectivity index (χ4n) is 2.54. The van der Waals surface area contributed by atoms with Gasteiger partial charge in [0.05, 0.1) is 18.1 Å². The van der Waals surface area contributed by atoms with Gasteiger partial charge in [-0.05, 0) is 25.0 Å². The Kier molecular flexibility index (Phi) is 6.27. The van der Waals surface area contributed by atoms with Crippen LogP contribution in [-0.2, 0) is 9.53 Å². The maximum Gasteiger partial charge on any atom is 0.308 e. The lowest BCUT2D eigenvalue weighted by atomic mass is 9.97. The van der Waals surface area contributed by atoms with Crippen molar-refractivity contribution in [2.24, 2.45) is 5.92 Å². The molecule has 1 heterocycles. The highest BCUT2D eigenvalue weighted by Gasteiger charge is 2.29. The van der Waals surface area contributed by atoms with Gasteiger partial charge in [0.2, 0.25) is 0 Å². The fourth-order valence-corrected chi connectivity index (χ4v) is 3.49. The van der Waals surface area contributed by atoms with E-state index in [1.165, 1.54) is 0 Å². The van der Waals surface area contributed by atoms with E-state index in [-0.39, 0.29) is 5.91 Å². The van der Waals surface area contributed by atoms with E-state index in [2.05, 4.69) is 0 Å². The minimum Gasteiger partial charge on any atom is -0.481 e. The van der Waals surface area contributed by atoms with E-state index in [4.69, 9.17) is 9.84 Å². The van der Waals surface area contributed by atoms with Crippen molar-refractivity contribution in [2.45, 2.75) is 17.7 Å². The molecule has 0 spiro atoms. The van der Waals surface area contributed by atoms with Crippen LogP contribution in [0.1, 0.15) is 23.2 Å². The molecule has 1 aromatic carbocycles. The largest absolute Gasteiger partial charge is 0.481 e. The van der Waals surface area contributed by atoms with Crippen LogP contribution >= 0.6 is 11.8 Å². The van der Waals surface area contributed by atoms with E-state index in [9.17, 15) is 9.59 Å². The zero-order valence-electron chi connectivity index (χ0n) is 12.7. The minimum atomic E-state index is -0.819. The lowest BCUT2D eigenvalue weighted by Gasteiger charge is -2.31. The third kappa shape index (κ3) is 4.24. The summed E-state index contributed by atoms with van der Waals surface area (Å²) in [6.07, 6.45) is 1.38. The molecule has 1 aliphatic rings. The van der Waals surface area contributed by atoms with Crippen molar-refractivity contribution in [3.63, 3.8) is 0 Å². The highest BCUT2D eigenvalue weighted by Crippen LogP contribution is 2.26. The van der Waals surface area contributed by atoms with Gasteiger partial charge in [-0.1, -0.05) is 12.1 Å². The maximum absolute atomic E-state index is 12.7. The molecule has 5 nitrogen and oxygen atoms in total. The van der Waals surface area contributed by atoms with Gasteiger partial charge in [-0.3, -0.25) is 9.59 Å². The summed E-state index contributed by atoms with van der Waals surface area (Å²) in [4.78, 5) is 26.4. The highest BCUT2D eigenvalue weighted by atomic mass is 32.2. The van der Waals surface area contributed by atoms with E-state index in [1.807, 2.05) is 24.3 Å². The number of aliphatic carboxylic acids is 1. The Morgan fingerprint density at radius 2 is 2.18 bits per heavy atom. The number of benzene rings is 1. The first-order valence-electron chi connectivity index (χ1n) is 7.36. The van der Waals surface area contributed by atoms with E-state index < -0.39 is 11.9 Å². The molecule has 0 unspecified atom stereocenters. The molecule has 22 heavy (non-hydrogen) atoms. The smallest absolute Gasteiger partial charge is 0.308 e. The lowest BCUT2D eigenvalue weighted by Crippen LogP contribution is -2.42. The number of hydrogen-bond donors (Lipinski definition) is 1. The quantitative estimate of drug-likeness (QED) is 0.643. The number of piperidine rings is 1. The van der Waals surface area contributed by atoms with Gasteiger partial charge >= 0.3 is 5.97 Å². The summed E-state index contributed by atoms with van der Waals surface area (Å²) in [5.41, 5.74) is 0.648. The van der Waals surface area contributed by atoms with Gasteiger partial charge < -0.3 is 14.7 Å². The Morgan fingerprint density at radius 1 is 1.41 bits per heavy atom. The Hall–Kier alpha value is -1.53. The van der Waals surface area contributed by atoms with E-state index in [0.717, 1.165) is 17.1 Å². The standard InChI is InChI=1S/C16H21NO4S/c1-21-9-10-22-14-7-3-2-6-13(14)15(18)17-8-4-5-12(11-17)16(19)20/h2-3,6-7,12H,4-5,8-11H2,1H3,(H,19,20)/t12-/m1/s1. The Morgan fingerprint density at radius 3 is 2.91 bits per heavy atom. The predicted octanol–water partition coefficient (Wildman–Crippen LogP) is 2.36. The molecule has 2 rings (SSSR count). The molecular formula is C16H21NO4S. The van der Waals surface area contributed by atoms with Crippen LogP contribution in [0, 0.1) is 5.92 Å². The van der Waals surface area contributed by atoms with Crippen molar-refractivity contribution in [2.75, 3.05) is 32.6 Å². The van der Waals surface area contributed by atoms with Gasteiger partial charge in [-0.2, -0.15) is 0 Å². The summed E-state index contributed by atoms with van der Waals surface area (Å²) in [5, 5.41) is 9.15. The molecule has 1 aromatic rings. The van der Waals surface area contributed by atoms with Crippen molar-refractivity contribution >= 4 is 23.6 Å². The number of thioether (sulfide) groups is 1. The van der Waals surface area contributed by atoms with Gasteiger partial charge in [0.1, 0.15) is 0 Å². The Balaban J connectivity index is 2.10. The first-order valence-corrected chi connectivity index (χ1v) is 8.35. The van der Waals surface area contributed by atoms with Crippen LogP contribution in [0.4, 0.5) is 0 Å². The summed E-state index contributed by atoms with van der Waals surface area (Å²) >= 11 is 1.58.